The van der Waals surface area contributed by atoms with Crippen LogP contribution in [-0.2, 0) is 11.2 Å². The van der Waals surface area contributed by atoms with E-state index in [4.69, 9.17) is 4.74 Å². The second kappa shape index (κ2) is 9.92. The van der Waals surface area contributed by atoms with Crippen LogP contribution in [0.15, 0.2) is 24.3 Å². The summed E-state index contributed by atoms with van der Waals surface area (Å²) in [6, 6.07) is 6.73. The summed E-state index contributed by atoms with van der Waals surface area (Å²) >= 11 is 3.41. The third-order valence-corrected chi connectivity index (χ3v) is 3.39. The molecule has 4 nitrogen and oxygen atoms in total. The first-order valence-corrected chi connectivity index (χ1v) is 7.73. The Morgan fingerprint density at radius 2 is 1.95 bits per heavy atom. The second-order valence-corrected chi connectivity index (χ2v) is 5.19. The molecular weight excluding hydrogens is 310 g/mol. The van der Waals surface area contributed by atoms with Gasteiger partial charge in [0.15, 0.2) is 0 Å². The van der Waals surface area contributed by atoms with E-state index < -0.39 is 0 Å². The van der Waals surface area contributed by atoms with E-state index in [1.165, 1.54) is 25.3 Å². The molecular formula is C14H20BrNO3. The zero-order chi connectivity index (χ0) is 13.9. The highest BCUT2D eigenvalue weighted by molar-refractivity contribution is 9.09. The molecule has 0 spiro atoms. The molecule has 5 heteroatoms. The SMILES string of the molecule is O=[N+]([O-])c1cccc(CCOCCCCCCBr)c1. The molecule has 0 atom stereocenters. The van der Waals surface area contributed by atoms with Crippen molar-refractivity contribution in [1.82, 2.24) is 0 Å². The van der Waals surface area contributed by atoms with Gasteiger partial charge in [0, 0.05) is 24.1 Å². The summed E-state index contributed by atoms with van der Waals surface area (Å²) in [6.45, 7) is 1.40. The van der Waals surface area contributed by atoms with Gasteiger partial charge in [0.1, 0.15) is 0 Å². The lowest BCUT2D eigenvalue weighted by molar-refractivity contribution is -0.384. The molecule has 0 aliphatic rings. The Morgan fingerprint density at radius 1 is 1.16 bits per heavy atom. The van der Waals surface area contributed by atoms with E-state index in [1.54, 1.807) is 12.1 Å². The molecule has 0 aliphatic heterocycles. The summed E-state index contributed by atoms with van der Waals surface area (Å²) in [6.07, 6.45) is 5.46. The van der Waals surface area contributed by atoms with Crippen LogP contribution in [-0.4, -0.2) is 23.5 Å². The van der Waals surface area contributed by atoms with Gasteiger partial charge >= 0.3 is 0 Å². The maximum absolute atomic E-state index is 10.6. The van der Waals surface area contributed by atoms with Crippen LogP contribution in [0.3, 0.4) is 0 Å². The molecule has 1 aromatic rings. The van der Waals surface area contributed by atoms with Crippen LogP contribution in [0.25, 0.3) is 0 Å². The molecule has 0 amide bonds. The van der Waals surface area contributed by atoms with Crippen LogP contribution >= 0.6 is 15.9 Å². The molecule has 1 rings (SSSR count). The Kier molecular flexibility index (Phi) is 8.41. The predicted octanol–water partition coefficient (Wildman–Crippen LogP) is 4.11. The van der Waals surface area contributed by atoms with E-state index in [9.17, 15) is 10.1 Å². The average Bonchev–Trinajstić information content (AvgIpc) is 2.42. The Bertz CT molecular complexity index is 385. The average molecular weight is 330 g/mol. The minimum absolute atomic E-state index is 0.146. The number of nitro benzene ring substituents is 1. The minimum atomic E-state index is -0.367. The van der Waals surface area contributed by atoms with Crippen molar-refractivity contribution in [3.05, 3.63) is 39.9 Å². The van der Waals surface area contributed by atoms with Gasteiger partial charge in [0.2, 0.25) is 0 Å². The number of hydrogen-bond donors (Lipinski definition) is 0. The third-order valence-electron chi connectivity index (χ3n) is 2.83. The van der Waals surface area contributed by atoms with Crippen LogP contribution in [0.5, 0.6) is 0 Å². The topological polar surface area (TPSA) is 52.4 Å². The van der Waals surface area contributed by atoms with Crippen molar-refractivity contribution in [2.45, 2.75) is 32.1 Å². The summed E-state index contributed by atoms with van der Waals surface area (Å²) in [7, 11) is 0. The zero-order valence-electron chi connectivity index (χ0n) is 11.0. The van der Waals surface area contributed by atoms with Crippen LogP contribution in [0.2, 0.25) is 0 Å². The van der Waals surface area contributed by atoms with E-state index in [0.717, 1.165) is 30.3 Å². The molecule has 106 valence electrons. The summed E-state index contributed by atoms with van der Waals surface area (Å²) in [5.74, 6) is 0. The molecule has 0 radical (unpaired) electrons. The molecule has 0 aromatic heterocycles. The van der Waals surface area contributed by atoms with Gasteiger partial charge in [-0.1, -0.05) is 40.9 Å². The lowest BCUT2D eigenvalue weighted by Crippen LogP contribution is -2.01. The molecule has 0 heterocycles. The fourth-order valence-corrected chi connectivity index (χ4v) is 2.17. The van der Waals surface area contributed by atoms with Crippen LogP contribution < -0.4 is 0 Å². The number of rotatable bonds is 10. The lowest BCUT2D eigenvalue weighted by atomic mass is 10.1. The standard InChI is InChI=1S/C14H20BrNO3/c15-9-3-1-2-4-10-19-11-8-13-6-5-7-14(12-13)16(17)18/h5-7,12H,1-4,8-11H2. The summed E-state index contributed by atoms with van der Waals surface area (Å²) in [5.41, 5.74) is 1.10. The van der Waals surface area contributed by atoms with Crippen molar-refractivity contribution in [2.75, 3.05) is 18.5 Å². The van der Waals surface area contributed by atoms with Gasteiger partial charge in [-0.3, -0.25) is 10.1 Å². The van der Waals surface area contributed by atoms with Gasteiger partial charge in [0.05, 0.1) is 11.5 Å². The molecule has 0 fully saturated rings. The Labute approximate surface area is 122 Å². The quantitative estimate of drug-likeness (QED) is 0.281. The highest BCUT2D eigenvalue weighted by Crippen LogP contribution is 2.13. The van der Waals surface area contributed by atoms with Crippen LogP contribution in [0.1, 0.15) is 31.2 Å². The van der Waals surface area contributed by atoms with Crippen molar-refractivity contribution in [1.29, 1.82) is 0 Å². The smallest absolute Gasteiger partial charge is 0.269 e. The van der Waals surface area contributed by atoms with Crippen molar-refractivity contribution in [3.8, 4) is 0 Å². The predicted molar refractivity (Wildman–Crippen MR) is 79.9 cm³/mol. The fourth-order valence-electron chi connectivity index (χ4n) is 1.77. The molecule has 19 heavy (non-hydrogen) atoms. The fraction of sp³-hybridized carbons (Fsp3) is 0.571. The van der Waals surface area contributed by atoms with Gasteiger partial charge < -0.3 is 4.74 Å². The molecule has 0 N–H and O–H groups in total. The van der Waals surface area contributed by atoms with Gasteiger partial charge in [-0.25, -0.2) is 0 Å². The van der Waals surface area contributed by atoms with E-state index >= 15 is 0 Å². The number of ether oxygens (including phenoxy) is 1. The molecule has 0 unspecified atom stereocenters. The van der Waals surface area contributed by atoms with E-state index in [2.05, 4.69) is 15.9 Å². The molecule has 0 saturated carbocycles. The number of nitro groups is 1. The highest BCUT2D eigenvalue weighted by Gasteiger charge is 2.05. The highest BCUT2D eigenvalue weighted by atomic mass is 79.9. The monoisotopic (exact) mass is 329 g/mol. The number of non-ortho nitro benzene ring substituents is 1. The Morgan fingerprint density at radius 3 is 2.68 bits per heavy atom. The van der Waals surface area contributed by atoms with Crippen molar-refractivity contribution < 1.29 is 9.66 Å². The number of benzene rings is 1. The van der Waals surface area contributed by atoms with Crippen LogP contribution in [0, 0.1) is 10.1 Å². The number of halogens is 1. The molecule has 0 aliphatic carbocycles. The maximum Gasteiger partial charge on any atom is 0.269 e. The number of hydrogen-bond acceptors (Lipinski definition) is 3. The zero-order valence-corrected chi connectivity index (χ0v) is 12.6. The van der Waals surface area contributed by atoms with E-state index in [1.807, 2.05) is 6.07 Å². The van der Waals surface area contributed by atoms with Crippen molar-refractivity contribution in [3.63, 3.8) is 0 Å². The van der Waals surface area contributed by atoms with Gasteiger partial charge in [0.25, 0.3) is 5.69 Å². The van der Waals surface area contributed by atoms with E-state index in [0.29, 0.717) is 6.61 Å². The largest absolute Gasteiger partial charge is 0.381 e. The first-order chi connectivity index (χ1) is 9.24. The van der Waals surface area contributed by atoms with Gasteiger partial charge in [-0.2, -0.15) is 0 Å². The Hall–Kier alpha value is -0.940. The third kappa shape index (κ3) is 7.28. The van der Waals surface area contributed by atoms with Crippen LogP contribution in [0.4, 0.5) is 5.69 Å². The molecule has 0 saturated heterocycles. The van der Waals surface area contributed by atoms with Crippen molar-refractivity contribution >= 4 is 21.6 Å². The number of alkyl halides is 1. The summed E-state index contributed by atoms with van der Waals surface area (Å²) in [5, 5.41) is 11.7. The lowest BCUT2D eigenvalue weighted by Gasteiger charge is -2.04. The molecule has 0 bridgehead atoms. The summed E-state index contributed by atoms with van der Waals surface area (Å²) < 4.78 is 5.54. The Balaban J connectivity index is 2.12. The molecule has 1 aromatic carbocycles. The first kappa shape index (κ1) is 16.1. The normalized spacial score (nSPS) is 10.6. The van der Waals surface area contributed by atoms with E-state index in [-0.39, 0.29) is 10.6 Å². The summed E-state index contributed by atoms with van der Waals surface area (Å²) in [4.78, 5) is 10.3. The first-order valence-electron chi connectivity index (χ1n) is 6.61. The van der Waals surface area contributed by atoms with Gasteiger partial charge in [-0.15, -0.1) is 0 Å². The number of unbranched alkanes of at least 4 members (excludes halogenated alkanes) is 3. The van der Waals surface area contributed by atoms with Gasteiger partial charge in [-0.05, 0) is 24.8 Å². The van der Waals surface area contributed by atoms with Crippen molar-refractivity contribution in [2.24, 2.45) is 0 Å². The minimum Gasteiger partial charge on any atom is -0.381 e. The number of nitrogens with zero attached hydrogens (tertiary/aromatic N) is 1. The maximum atomic E-state index is 10.6. The second-order valence-electron chi connectivity index (χ2n) is 4.39.